The number of imidazole rings is 2. The van der Waals surface area contributed by atoms with Gasteiger partial charge in [0.15, 0.2) is 47.4 Å². The molecular formula is C27H34F2N10O12P2S. The van der Waals surface area contributed by atoms with Crippen LogP contribution in [0.15, 0.2) is 23.8 Å². The maximum atomic E-state index is 16.4. The first-order chi connectivity index (χ1) is 25.4. The number of aromatic amines is 1. The van der Waals surface area contributed by atoms with Crippen LogP contribution in [-0.4, -0.2) is 112 Å². The molecule has 0 spiro atoms. The zero-order chi connectivity index (χ0) is 38.7. The normalized spacial score (nSPS) is 33.8. The zero-order valence-electron chi connectivity index (χ0n) is 28.5. The molecule has 3 aliphatic heterocycles. The molecule has 10 atom stereocenters. The molecule has 4 aromatic rings. The van der Waals surface area contributed by atoms with Gasteiger partial charge < -0.3 is 39.8 Å². The molecule has 54 heavy (non-hydrogen) atoms. The first-order valence-electron chi connectivity index (χ1n) is 16.0. The number of H-pyrrole nitrogens is 1. The zero-order valence-corrected chi connectivity index (χ0v) is 31.1. The van der Waals surface area contributed by atoms with Crippen molar-refractivity contribution in [3.63, 3.8) is 0 Å². The minimum atomic E-state index is -5.25. The number of nitrogens with two attached hydrogens (primary N) is 2. The SMILES string of the molecule is CC(C)(C)C(=O)OCSP1(=O)CO[C@@H]2C(COP(=O)(O)O[C@@H]3[C@H](F)[C@@H](CO1)O[C@H]3n1cnc3c(=O)[nH]c(N)nc31)O[C@@H](n1cnc3c(N)ncnc31)[C@@H]2F. The third-order valence-electron chi connectivity index (χ3n) is 8.49. The van der Waals surface area contributed by atoms with Gasteiger partial charge in [0.25, 0.3) is 12.1 Å². The van der Waals surface area contributed by atoms with Crippen molar-refractivity contribution < 1.29 is 60.1 Å². The number of rotatable bonds is 5. The third kappa shape index (κ3) is 7.49. The van der Waals surface area contributed by atoms with Crippen molar-refractivity contribution >= 4 is 65.8 Å². The average Bonchev–Trinajstić information content (AvgIpc) is 3.86. The number of phosphoric ester groups is 1. The van der Waals surface area contributed by atoms with Crippen LogP contribution in [0.2, 0.25) is 0 Å². The number of aromatic nitrogens is 8. The molecule has 0 amide bonds. The van der Waals surface area contributed by atoms with Crippen LogP contribution in [0.4, 0.5) is 20.5 Å². The number of nitrogens with zero attached hydrogens (tertiary/aromatic N) is 7. The van der Waals surface area contributed by atoms with E-state index in [0.29, 0.717) is 11.4 Å². The Balaban J connectivity index is 1.22. The van der Waals surface area contributed by atoms with Gasteiger partial charge in [-0.05, 0) is 32.2 Å². The average molecular weight is 823 g/mol. The number of anilines is 2. The Morgan fingerprint density at radius 1 is 1.00 bits per heavy atom. The van der Waals surface area contributed by atoms with Crippen LogP contribution < -0.4 is 17.0 Å². The van der Waals surface area contributed by atoms with Gasteiger partial charge in [-0.2, -0.15) is 4.98 Å². The number of carbonyl (C=O) groups excluding carboxylic acids is 1. The smallest absolute Gasteiger partial charge is 0.454 e. The molecule has 7 rings (SSSR count). The van der Waals surface area contributed by atoms with Crippen molar-refractivity contribution in [2.24, 2.45) is 5.41 Å². The molecule has 22 nitrogen and oxygen atoms in total. The van der Waals surface area contributed by atoms with Gasteiger partial charge in [0, 0.05) is 0 Å². The number of phosphoric acid groups is 1. The molecule has 3 unspecified atom stereocenters. The number of hydrogen-bond donors (Lipinski definition) is 4. The van der Waals surface area contributed by atoms with Crippen LogP contribution in [0, 0.1) is 5.41 Å². The standard InChI is InChI=1S/C27H34F2N10O12P2S/c1-27(2,3)25(41)46-10-54-52(42)9-45-17-12(50-23(14(17)29)38-7-34-15-19(30)32-6-33-20(15)38)5-48-53(43,44)51-18-13(28)11(4-47-52)49-24(18)39-8-35-16-21(39)36-26(31)37-22(16)40/h6-8,11-14,17-18,23-24H,4-5,9-10H2,1-3H3,(H,43,44)(H2,30,32,33)(H3,31,36,37,40)/t11-,12?,13-,14-,17-,18-,23-,24-,52?/m1/s1. The predicted octanol–water partition coefficient (Wildman–Crippen LogP) is 1.94. The molecule has 3 saturated heterocycles. The van der Waals surface area contributed by atoms with E-state index in [-0.39, 0.29) is 34.1 Å². The molecule has 294 valence electrons. The fraction of sp³-hybridized carbons (Fsp3) is 0.593. The van der Waals surface area contributed by atoms with Gasteiger partial charge in [-0.3, -0.25) is 37.3 Å². The van der Waals surface area contributed by atoms with Gasteiger partial charge in [0.2, 0.25) is 5.95 Å². The predicted molar refractivity (Wildman–Crippen MR) is 182 cm³/mol. The second-order valence-electron chi connectivity index (χ2n) is 13.3. The van der Waals surface area contributed by atoms with Crippen molar-refractivity contribution in [2.75, 3.05) is 37.0 Å². The van der Waals surface area contributed by atoms with E-state index in [9.17, 15) is 23.6 Å². The maximum Gasteiger partial charge on any atom is 0.472 e. The molecule has 3 fully saturated rings. The second kappa shape index (κ2) is 14.5. The van der Waals surface area contributed by atoms with E-state index >= 15 is 8.78 Å². The van der Waals surface area contributed by atoms with Gasteiger partial charge >= 0.3 is 13.8 Å². The minimum absolute atomic E-state index is 0.00323. The Hall–Kier alpha value is -3.64. The molecule has 0 aliphatic carbocycles. The molecule has 3 aliphatic rings. The van der Waals surface area contributed by atoms with E-state index in [1.165, 1.54) is 10.9 Å². The molecule has 27 heteroatoms. The minimum Gasteiger partial charge on any atom is -0.454 e. The summed E-state index contributed by atoms with van der Waals surface area (Å²) in [5, 5.41) is 0. The molecule has 7 heterocycles. The maximum absolute atomic E-state index is 16.4. The number of alkyl halides is 2. The van der Waals surface area contributed by atoms with Crippen LogP contribution >= 0.6 is 25.8 Å². The van der Waals surface area contributed by atoms with Gasteiger partial charge in [-0.1, -0.05) is 0 Å². The Kier molecular flexibility index (Phi) is 10.3. The van der Waals surface area contributed by atoms with E-state index in [2.05, 4.69) is 29.9 Å². The molecule has 6 N–H and O–H groups in total. The van der Waals surface area contributed by atoms with Gasteiger partial charge in [0.1, 0.15) is 48.5 Å². The molecule has 0 aromatic carbocycles. The van der Waals surface area contributed by atoms with Crippen molar-refractivity contribution in [2.45, 2.75) is 70.0 Å². The van der Waals surface area contributed by atoms with Crippen molar-refractivity contribution in [1.82, 2.24) is 39.0 Å². The monoisotopic (exact) mass is 822 g/mol. The number of nitrogens with one attached hydrogen (secondary N) is 1. The summed E-state index contributed by atoms with van der Waals surface area (Å²) in [4.78, 5) is 58.1. The van der Waals surface area contributed by atoms with E-state index < -0.39 is 106 Å². The van der Waals surface area contributed by atoms with E-state index in [0.717, 1.165) is 17.2 Å². The van der Waals surface area contributed by atoms with Crippen molar-refractivity contribution in [3.05, 3.63) is 29.3 Å². The highest BCUT2D eigenvalue weighted by molar-refractivity contribution is 8.56. The van der Waals surface area contributed by atoms with Crippen LogP contribution in [0.5, 0.6) is 0 Å². The Morgan fingerprint density at radius 3 is 2.43 bits per heavy atom. The first kappa shape index (κ1) is 38.6. The number of hydrogen-bond acceptors (Lipinski definition) is 19. The highest BCUT2D eigenvalue weighted by Gasteiger charge is 2.54. The highest BCUT2D eigenvalue weighted by atomic mass is 32.7. The topological polar surface area (TPSA) is 295 Å². The largest absolute Gasteiger partial charge is 0.472 e. The first-order valence-corrected chi connectivity index (χ1v) is 20.9. The molecule has 0 saturated carbocycles. The summed E-state index contributed by atoms with van der Waals surface area (Å²) in [5.41, 5.74) is 9.76. The van der Waals surface area contributed by atoms with Crippen LogP contribution in [0.25, 0.3) is 22.3 Å². The van der Waals surface area contributed by atoms with Crippen molar-refractivity contribution in [3.8, 4) is 0 Å². The lowest BCUT2D eigenvalue weighted by molar-refractivity contribution is -0.150. The summed E-state index contributed by atoms with van der Waals surface area (Å²) in [7, 11) is -5.25. The fourth-order valence-electron chi connectivity index (χ4n) is 5.81. The lowest BCUT2D eigenvalue weighted by Crippen LogP contribution is -2.36. The molecule has 2 bridgehead atoms. The Morgan fingerprint density at radius 2 is 1.69 bits per heavy atom. The summed E-state index contributed by atoms with van der Waals surface area (Å²) in [6.07, 6.45) is -11.7. The Labute approximate surface area is 306 Å². The lowest BCUT2D eigenvalue weighted by Gasteiger charge is -2.26. The number of carbonyl (C=O) groups is 1. The van der Waals surface area contributed by atoms with E-state index in [4.69, 9.17) is 44.0 Å². The van der Waals surface area contributed by atoms with Gasteiger partial charge in [-0.25, -0.2) is 33.3 Å². The van der Waals surface area contributed by atoms with Crippen LogP contribution in [0.3, 0.4) is 0 Å². The number of halogens is 2. The van der Waals surface area contributed by atoms with Crippen molar-refractivity contribution in [1.29, 1.82) is 0 Å². The molecule has 4 aromatic heterocycles. The van der Waals surface area contributed by atoms with Gasteiger partial charge in [0.05, 0.1) is 31.3 Å². The number of esters is 1. The second-order valence-corrected chi connectivity index (χ2v) is 19.4. The number of nitrogen functional groups attached to an aromatic ring is 2. The van der Waals surface area contributed by atoms with Crippen LogP contribution in [-0.2, 0) is 46.4 Å². The van der Waals surface area contributed by atoms with Crippen LogP contribution in [0.1, 0.15) is 33.2 Å². The number of ether oxygens (including phenoxy) is 4. The Bertz CT molecular complexity index is 2220. The summed E-state index contributed by atoms with van der Waals surface area (Å²) >= 11 is 0.526. The molecule has 0 radical (unpaired) electrons. The molecular weight excluding hydrogens is 788 g/mol. The van der Waals surface area contributed by atoms with E-state index in [1.807, 2.05) is 0 Å². The summed E-state index contributed by atoms with van der Waals surface area (Å²) in [5.74, 6) is -1.45. The van der Waals surface area contributed by atoms with Gasteiger partial charge in [-0.15, -0.1) is 0 Å². The summed E-state index contributed by atoms with van der Waals surface area (Å²) in [6.45, 7) is -1.04. The quantitative estimate of drug-likeness (QED) is 0.127. The summed E-state index contributed by atoms with van der Waals surface area (Å²) in [6, 6.07) is 0. The fourth-order valence-corrected chi connectivity index (χ4v) is 9.46. The highest BCUT2D eigenvalue weighted by Crippen LogP contribution is 2.61. The number of fused-ring (bicyclic) bond motifs is 5. The lowest BCUT2D eigenvalue weighted by atomic mass is 9.98. The third-order valence-corrected chi connectivity index (χ3v) is 13.2. The van der Waals surface area contributed by atoms with E-state index in [1.54, 1.807) is 20.8 Å². The summed E-state index contributed by atoms with van der Waals surface area (Å²) < 4.78 is 102.